The second-order valence-corrected chi connectivity index (χ2v) is 5.46. The van der Waals surface area contributed by atoms with E-state index in [1.165, 1.54) is 6.42 Å². The number of benzene rings is 1. The van der Waals surface area contributed by atoms with Crippen molar-refractivity contribution < 1.29 is 4.79 Å². The lowest BCUT2D eigenvalue weighted by molar-refractivity contribution is -0.113. The summed E-state index contributed by atoms with van der Waals surface area (Å²) in [5.74, 6) is 1.27. The van der Waals surface area contributed by atoms with Crippen LogP contribution in [0.3, 0.4) is 0 Å². The Hall–Kier alpha value is -1.16. The predicted molar refractivity (Wildman–Crippen MR) is 73.7 cm³/mol. The molecular weight excluding hydrogens is 232 g/mol. The van der Waals surface area contributed by atoms with Crippen molar-refractivity contribution in [3.63, 3.8) is 0 Å². The van der Waals surface area contributed by atoms with Crippen LogP contribution >= 0.6 is 11.8 Å². The number of carbonyl (C=O) groups is 1. The molecule has 1 aromatic carbocycles. The van der Waals surface area contributed by atoms with Gasteiger partial charge >= 0.3 is 0 Å². The molecule has 0 saturated carbocycles. The van der Waals surface area contributed by atoms with Crippen LogP contribution in [0.15, 0.2) is 23.1 Å². The van der Waals surface area contributed by atoms with Gasteiger partial charge < -0.3 is 10.6 Å². The van der Waals surface area contributed by atoms with Crippen molar-refractivity contribution in [2.75, 3.05) is 22.9 Å². The maximum absolute atomic E-state index is 11.3. The average molecular weight is 250 g/mol. The quantitative estimate of drug-likeness (QED) is 0.862. The zero-order chi connectivity index (χ0) is 12.3. The molecule has 1 aromatic rings. The molecule has 2 rings (SSSR count). The van der Waals surface area contributed by atoms with E-state index in [0.717, 1.165) is 22.8 Å². The van der Waals surface area contributed by atoms with E-state index in [1.54, 1.807) is 11.8 Å². The molecule has 0 fully saturated rings. The third-order valence-corrected chi connectivity index (χ3v) is 4.04. The Morgan fingerprint density at radius 3 is 3.12 bits per heavy atom. The van der Waals surface area contributed by atoms with Crippen LogP contribution in [0.4, 0.5) is 11.4 Å². The lowest BCUT2D eigenvalue weighted by Crippen LogP contribution is -2.19. The molecule has 92 valence electrons. The number of amides is 1. The lowest BCUT2D eigenvalue weighted by atomic mass is 10.1. The number of anilines is 2. The first-order valence-electron chi connectivity index (χ1n) is 5.99. The summed E-state index contributed by atoms with van der Waals surface area (Å²) in [5.41, 5.74) is 2.01. The molecule has 1 aliphatic rings. The molecule has 0 radical (unpaired) electrons. The maximum Gasteiger partial charge on any atom is 0.234 e. The van der Waals surface area contributed by atoms with Gasteiger partial charge in [0.2, 0.25) is 5.91 Å². The van der Waals surface area contributed by atoms with E-state index in [-0.39, 0.29) is 5.91 Å². The highest BCUT2D eigenvalue weighted by molar-refractivity contribution is 8.00. The van der Waals surface area contributed by atoms with Crippen molar-refractivity contribution in [2.24, 2.45) is 5.92 Å². The van der Waals surface area contributed by atoms with Crippen molar-refractivity contribution in [2.45, 2.75) is 25.2 Å². The third kappa shape index (κ3) is 3.16. The van der Waals surface area contributed by atoms with Crippen LogP contribution in [0, 0.1) is 5.92 Å². The minimum Gasteiger partial charge on any atom is -0.385 e. The zero-order valence-corrected chi connectivity index (χ0v) is 11.1. The highest BCUT2D eigenvalue weighted by Crippen LogP contribution is 2.33. The summed E-state index contributed by atoms with van der Waals surface area (Å²) in [6, 6.07) is 6.16. The van der Waals surface area contributed by atoms with Crippen molar-refractivity contribution in [1.82, 2.24) is 0 Å². The van der Waals surface area contributed by atoms with Crippen LogP contribution in [0.2, 0.25) is 0 Å². The number of nitrogens with one attached hydrogen (secondary N) is 2. The first-order chi connectivity index (χ1) is 8.19. The van der Waals surface area contributed by atoms with E-state index in [9.17, 15) is 4.79 Å². The monoisotopic (exact) mass is 250 g/mol. The van der Waals surface area contributed by atoms with Crippen LogP contribution in [-0.2, 0) is 4.79 Å². The van der Waals surface area contributed by atoms with E-state index >= 15 is 0 Å². The Bertz CT molecular complexity index is 420. The molecule has 0 spiro atoms. The predicted octanol–water partition coefficient (Wildman–Crippen LogP) is 3.19. The van der Waals surface area contributed by atoms with Gasteiger partial charge in [0.15, 0.2) is 0 Å². The van der Waals surface area contributed by atoms with Crippen molar-refractivity contribution in [1.29, 1.82) is 0 Å². The van der Waals surface area contributed by atoms with Gasteiger partial charge in [-0.05, 0) is 24.1 Å². The average Bonchev–Trinajstić information content (AvgIpc) is 2.35. The molecule has 1 unspecified atom stereocenters. The van der Waals surface area contributed by atoms with Crippen LogP contribution in [0.5, 0.6) is 0 Å². The fraction of sp³-hybridized carbons (Fsp3) is 0.462. The number of hydrogen-bond acceptors (Lipinski definition) is 3. The number of fused-ring (bicyclic) bond motifs is 1. The summed E-state index contributed by atoms with van der Waals surface area (Å²) in [4.78, 5) is 12.4. The molecule has 0 aromatic heterocycles. The SMILES string of the molecule is CCC(C)CNc1ccc2c(c1)NC(=O)CS2. The summed E-state index contributed by atoms with van der Waals surface area (Å²) >= 11 is 1.59. The molecule has 1 amide bonds. The Morgan fingerprint density at radius 2 is 2.35 bits per heavy atom. The Labute approximate surface area is 106 Å². The van der Waals surface area contributed by atoms with Gasteiger partial charge in [0, 0.05) is 17.1 Å². The Kier molecular flexibility index (Phi) is 3.94. The van der Waals surface area contributed by atoms with Crippen LogP contribution in [0.25, 0.3) is 0 Å². The van der Waals surface area contributed by atoms with Crippen LogP contribution in [-0.4, -0.2) is 18.2 Å². The summed E-state index contributed by atoms with van der Waals surface area (Å²) in [6.45, 7) is 5.38. The molecule has 0 bridgehead atoms. The second-order valence-electron chi connectivity index (χ2n) is 4.44. The highest BCUT2D eigenvalue weighted by atomic mass is 32.2. The van der Waals surface area contributed by atoms with Crippen LogP contribution < -0.4 is 10.6 Å². The van der Waals surface area contributed by atoms with Gasteiger partial charge in [-0.25, -0.2) is 0 Å². The van der Waals surface area contributed by atoms with Gasteiger partial charge in [-0.1, -0.05) is 20.3 Å². The number of hydrogen-bond donors (Lipinski definition) is 2. The fourth-order valence-corrected chi connectivity index (χ4v) is 2.42. The molecule has 1 atom stereocenters. The molecule has 4 heteroatoms. The minimum atomic E-state index is 0.0848. The minimum absolute atomic E-state index is 0.0848. The highest BCUT2D eigenvalue weighted by Gasteiger charge is 2.15. The van der Waals surface area contributed by atoms with Crippen LogP contribution in [0.1, 0.15) is 20.3 Å². The van der Waals surface area contributed by atoms with Gasteiger partial charge in [-0.3, -0.25) is 4.79 Å². The normalized spacial score (nSPS) is 16.0. The van der Waals surface area contributed by atoms with E-state index < -0.39 is 0 Å². The molecular formula is C13H18N2OS. The van der Waals surface area contributed by atoms with E-state index in [4.69, 9.17) is 0 Å². The largest absolute Gasteiger partial charge is 0.385 e. The summed E-state index contributed by atoms with van der Waals surface area (Å²) in [7, 11) is 0. The Morgan fingerprint density at radius 1 is 1.53 bits per heavy atom. The molecule has 1 heterocycles. The fourth-order valence-electron chi connectivity index (χ4n) is 1.63. The Balaban J connectivity index is 2.05. The van der Waals surface area contributed by atoms with Gasteiger partial charge in [-0.15, -0.1) is 11.8 Å². The number of carbonyl (C=O) groups excluding carboxylic acids is 1. The summed E-state index contributed by atoms with van der Waals surface area (Å²) in [5, 5.41) is 6.30. The topological polar surface area (TPSA) is 41.1 Å². The molecule has 2 N–H and O–H groups in total. The van der Waals surface area contributed by atoms with Crippen molar-refractivity contribution in [3.05, 3.63) is 18.2 Å². The molecule has 17 heavy (non-hydrogen) atoms. The van der Waals surface area contributed by atoms with Crippen molar-refractivity contribution >= 4 is 29.0 Å². The molecule has 0 saturated heterocycles. The first-order valence-corrected chi connectivity index (χ1v) is 6.98. The summed E-state index contributed by atoms with van der Waals surface area (Å²) in [6.07, 6.45) is 1.17. The molecule has 1 aliphatic heterocycles. The standard InChI is InChI=1S/C13H18N2OS/c1-3-9(2)7-14-10-4-5-12-11(6-10)15-13(16)8-17-12/h4-6,9,14H,3,7-8H2,1-2H3,(H,15,16). The smallest absolute Gasteiger partial charge is 0.234 e. The van der Waals surface area contributed by atoms with Gasteiger partial charge in [0.1, 0.15) is 0 Å². The third-order valence-electron chi connectivity index (χ3n) is 2.96. The second kappa shape index (κ2) is 5.45. The zero-order valence-electron chi connectivity index (χ0n) is 10.2. The summed E-state index contributed by atoms with van der Waals surface area (Å²) < 4.78 is 0. The van der Waals surface area contributed by atoms with E-state index in [1.807, 2.05) is 6.07 Å². The van der Waals surface area contributed by atoms with Gasteiger partial charge in [0.25, 0.3) is 0 Å². The van der Waals surface area contributed by atoms with Crippen molar-refractivity contribution in [3.8, 4) is 0 Å². The van der Waals surface area contributed by atoms with E-state index in [2.05, 4.69) is 36.6 Å². The first kappa shape index (κ1) is 12.3. The lowest BCUT2D eigenvalue weighted by Gasteiger charge is -2.18. The molecule has 0 aliphatic carbocycles. The van der Waals surface area contributed by atoms with Gasteiger partial charge in [-0.2, -0.15) is 0 Å². The number of rotatable bonds is 4. The molecule has 3 nitrogen and oxygen atoms in total. The van der Waals surface area contributed by atoms with Gasteiger partial charge in [0.05, 0.1) is 11.4 Å². The van der Waals surface area contributed by atoms with E-state index in [0.29, 0.717) is 11.7 Å². The maximum atomic E-state index is 11.3. The number of thioether (sulfide) groups is 1.